The van der Waals surface area contributed by atoms with Gasteiger partial charge in [0.2, 0.25) is 0 Å². The molecule has 6 heteroatoms. The molecule has 0 unspecified atom stereocenters. The Kier molecular flexibility index (Phi) is 3.33. The van der Waals surface area contributed by atoms with E-state index in [2.05, 4.69) is 4.98 Å². The second-order valence-corrected chi connectivity index (χ2v) is 6.53. The molecule has 21 heavy (non-hydrogen) atoms. The first-order chi connectivity index (χ1) is 9.99. The van der Waals surface area contributed by atoms with Gasteiger partial charge in [-0.2, -0.15) is 0 Å². The highest BCUT2D eigenvalue weighted by molar-refractivity contribution is 7.22. The van der Waals surface area contributed by atoms with Crippen molar-refractivity contribution in [3.63, 3.8) is 0 Å². The lowest BCUT2D eigenvalue weighted by Crippen LogP contribution is -2.36. The smallest absolute Gasteiger partial charge is 0.329 e. The molecule has 0 aliphatic rings. The highest BCUT2D eigenvalue weighted by Gasteiger charge is 2.17. The average molecular weight is 304 g/mol. The van der Waals surface area contributed by atoms with Crippen LogP contribution in [0.1, 0.15) is 19.4 Å². The monoisotopic (exact) mass is 304 g/mol. The van der Waals surface area contributed by atoms with Crippen LogP contribution < -0.4 is 11.2 Å². The standard InChI is InChI=1S/C15H16N2O3S/c1-8(2)6-17-14(18)11-9(3)12(10-4-5-20-7-10)21-13(11)16-15(17)19/h4-5,7-8H,6H2,1-3H3,(H,16,19). The van der Waals surface area contributed by atoms with E-state index in [4.69, 9.17) is 4.42 Å². The van der Waals surface area contributed by atoms with Crippen LogP contribution in [0.4, 0.5) is 0 Å². The van der Waals surface area contributed by atoms with Crippen molar-refractivity contribution in [1.29, 1.82) is 0 Å². The fourth-order valence-electron chi connectivity index (χ4n) is 2.45. The summed E-state index contributed by atoms with van der Waals surface area (Å²) < 4.78 is 6.39. The maximum absolute atomic E-state index is 12.6. The number of H-pyrrole nitrogens is 1. The number of rotatable bonds is 3. The van der Waals surface area contributed by atoms with Crippen LogP contribution >= 0.6 is 11.3 Å². The Balaban J connectivity index is 2.31. The molecular weight excluding hydrogens is 288 g/mol. The lowest BCUT2D eigenvalue weighted by atomic mass is 10.1. The van der Waals surface area contributed by atoms with Crippen molar-refractivity contribution in [3.05, 3.63) is 45.0 Å². The molecule has 3 aromatic heterocycles. The van der Waals surface area contributed by atoms with Crippen LogP contribution in [0.5, 0.6) is 0 Å². The topological polar surface area (TPSA) is 68.0 Å². The molecule has 1 N–H and O–H groups in total. The fraction of sp³-hybridized carbons (Fsp3) is 0.333. The highest BCUT2D eigenvalue weighted by atomic mass is 32.1. The van der Waals surface area contributed by atoms with E-state index in [1.165, 1.54) is 15.9 Å². The molecular formula is C15H16N2O3S. The summed E-state index contributed by atoms with van der Waals surface area (Å²) in [5.74, 6) is 0.230. The van der Waals surface area contributed by atoms with Crippen LogP contribution in [-0.4, -0.2) is 9.55 Å². The van der Waals surface area contributed by atoms with Gasteiger partial charge in [0.25, 0.3) is 5.56 Å². The van der Waals surface area contributed by atoms with Crippen molar-refractivity contribution in [1.82, 2.24) is 9.55 Å². The molecule has 0 aliphatic heterocycles. The number of nitrogens with one attached hydrogen (secondary N) is 1. The molecule has 0 atom stereocenters. The quantitative estimate of drug-likeness (QED) is 0.809. The summed E-state index contributed by atoms with van der Waals surface area (Å²) in [5, 5.41) is 0.594. The molecule has 5 nitrogen and oxygen atoms in total. The zero-order valence-electron chi connectivity index (χ0n) is 12.1. The number of furan rings is 1. The zero-order valence-corrected chi connectivity index (χ0v) is 12.9. The Bertz CT molecular complexity index is 898. The van der Waals surface area contributed by atoms with Gasteiger partial charge in [0.15, 0.2) is 0 Å². The number of aromatic amines is 1. The van der Waals surface area contributed by atoms with Crippen molar-refractivity contribution < 1.29 is 4.42 Å². The largest absolute Gasteiger partial charge is 0.472 e. The van der Waals surface area contributed by atoms with Crippen LogP contribution in [0.3, 0.4) is 0 Å². The first-order valence-corrected chi connectivity index (χ1v) is 7.59. The molecule has 0 fully saturated rings. The Hall–Kier alpha value is -2.08. The minimum atomic E-state index is -0.346. The molecule has 0 spiro atoms. The first-order valence-electron chi connectivity index (χ1n) is 6.77. The van der Waals surface area contributed by atoms with Gasteiger partial charge < -0.3 is 4.42 Å². The van der Waals surface area contributed by atoms with Gasteiger partial charge in [0, 0.05) is 17.0 Å². The summed E-state index contributed by atoms with van der Waals surface area (Å²) in [4.78, 5) is 29.1. The third-order valence-electron chi connectivity index (χ3n) is 3.40. The molecule has 3 heterocycles. The van der Waals surface area contributed by atoms with Crippen LogP contribution in [0.2, 0.25) is 0 Å². The van der Waals surface area contributed by atoms with Gasteiger partial charge in [0.05, 0.1) is 17.9 Å². The van der Waals surface area contributed by atoms with Crippen LogP contribution in [0.25, 0.3) is 20.7 Å². The second kappa shape index (κ2) is 5.04. The van der Waals surface area contributed by atoms with Crippen LogP contribution in [0, 0.1) is 12.8 Å². The van der Waals surface area contributed by atoms with Crippen molar-refractivity contribution in [3.8, 4) is 10.4 Å². The molecule has 0 saturated carbocycles. The molecule has 0 aliphatic carbocycles. The minimum absolute atomic E-state index is 0.217. The molecule has 0 bridgehead atoms. The van der Waals surface area contributed by atoms with E-state index in [0.29, 0.717) is 16.8 Å². The summed E-state index contributed by atoms with van der Waals surface area (Å²) in [6, 6.07) is 1.85. The summed E-state index contributed by atoms with van der Waals surface area (Å²) in [7, 11) is 0. The Morgan fingerprint density at radius 2 is 2.14 bits per heavy atom. The van der Waals surface area contributed by atoms with Crippen molar-refractivity contribution in [2.45, 2.75) is 27.3 Å². The lowest BCUT2D eigenvalue weighted by Gasteiger charge is -2.07. The number of aromatic nitrogens is 2. The summed E-state index contributed by atoms with van der Waals surface area (Å²) in [6.07, 6.45) is 3.24. The summed E-state index contributed by atoms with van der Waals surface area (Å²) in [6.45, 7) is 6.28. The van der Waals surface area contributed by atoms with Crippen LogP contribution in [0.15, 0.2) is 32.6 Å². The predicted molar refractivity (Wildman–Crippen MR) is 84.0 cm³/mol. The normalized spacial score (nSPS) is 11.6. The third kappa shape index (κ3) is 2.25. The van der Waals surface area contributed by atoms with Gasteiger partial charge in [-0.1, -0.05) is 13.8 Å². The summed E-state index contributed by atoms with van der Waals surface area (Å²) >= 11 is 1.41. The van der Waals surface area contributed by atoms with Gasteiger partial charge in [0.1, 0.15) is 4.83 Å². The first kappa shape index (κ1) is 13.9. The second-order valence-electron chi connectivity index (χ2n) is 5.51. The van der Waals surface area contributed by atoms with Gasteiger partial charge >= 0.3 is 5.69 Å². The summed E-state index contributed by atoms with van der Waals surface area (Å²) in [5.41, 5.74) is 1.24. The Labute approximate surface area is 124 Å². The third-order valence-corrected chi connectivity index (χ3v) is 4.66. The number of fused-ring (bicyclic) bond motifs is 1. The number of hydrogen-bond acceptors (Lipinski definition) is 4. The van der Waals surface area contributed by atoms with Crippen molar-refractivity contribution >= 4 is 21.6 Å². The molecule has 0 amide bonds. The van der Waals surface area contributed by atoms with E-state index in [1.807, 2.05) is 26.8 Å². The fourth-order valence-corrected chi connectivity index (χ4v) is 3.62. The molecule has 0 radical (unpaired) electrons. The highest BCUT2D eigenvalue weighted by Crippen LogP contribution is 2.35. The van der Waals surface area contributed by atoms with E-state index in [1.54, 1.807) is 12.5 Å². The van der Waals surface area contributed by atoms with E-state index < -0.39 is 0 Å². The van der Waals surface area contributed by atoms with Gasteiger partial charge in [-0.15, -0.1) is 11.3 Å². The number of aryl methyl sites for hydroxylation is 1. The number of thiophene rings is 1. The van der Waals surface area contributed by atoms with Crippen molar-refractivity contribution in [2.75, 3.05) is 0 Å². The number of hydrogen-bond donors (Lipinski definition) is 1. The van der Waals surface area contributed by atoms with E-state index in [0.717, 1.165) is 16.0 Å². The van der Waals surface area contributed by atoms with Gasteiger partial charge in [-0.05, 0) is 24.5 Å². The van der Waals surface area contributed by atoms with Gasteiger partial charge in [-0.3, -0.25) is 14.3 Å². The average Bonchev–Trinajstić information content (AvgIpc) is 3.02. The zero-order chi connectivity index (χ0) is 15.1. The molecule has 0 aromatic carbocycles. The number of nitrogens with zero attached hydrogens (tertiary/aromatic N) is 1. The lowest BCUT2D eigenvalue weighted by molar-refractivity contribution is 0.496. The molecule has 3 rings (SSSR count). The molecule has 3 aromatic rings. The van der Waals surface area contributed by atoms with Gasteiger partial charge in [-0.25, -0.2) is 4.79 Å². The van der Waals surface area contributed by atoms with E-state index in [-0.39, 0.29) is 17.2 Å². The van der Waals surface area contributed by atoms with E-state index >= 15 is 0 Å². The molecule has 110 valence electrons. The maximum Gasteiger partial charge on any atom is 0.329 e. The van der Waals surface area contributed by atoms with Crippen molar-refractivity contribution in [2.24, 2.45) is 5.92 Å². The predicted octanol–water partition coefficient (Wildman–Crippen LogP) is 2.98. The Morgan fingerprint density at radius 1 is 1.38 bits per heavy atom. The molecule has 0 saturated heterocycles. The SMILES string of the molecule is Cc1c(-c2ccoc2)sc2[nH]c(=O)n(CC(C)C)c(=O)c12. The maximum atomic E-state index is 12.6. The van der Waals surface area contributed by atoms with Crippen LogP contribution in [-0.2, 0) is 6.54 Å². The Morgan fingerprint density at radius 3 is 2.76 bits per heavy atom. The van der Waals surface area contributed by atoms with E-state index in [9.17, 15) is 9.59 Å². The minimum Gasteiger partial charge on any atom is -0.472 e.